The molecule has 1 atom stereocenters. The lowest BCUT2D eigenvalue weighted by Gasteiger charge is -2.11. The number of aliphatic hydroxyl groups excluding tert-OH is 1. The van der Waals surface area contributed by atoms with Crippen molar-refractivity contribution in [2.45, 2.75) is 6.10 Å². The molecule has 0 fully saturated rings. The molecule has 2 aromatic rings. The van der Waals surface area contributed by atoms with Crippen molar-refractivity contribution < 1.29 is 9.90 Å². The summed E-state index contributed by atoms with van der Waals surface area (Å²) in [6, 6.07) is 6.80. The number of carbonyl (C=O) groups is 1. The summed E-state index contributed by atoms with van der Waals surface area (Å²) in [5, 5.41) is 16.8. The maximum absolute atomic E-state index is 11.9. The smallest absolute Gasteiger partial charge is 0.251 e. The van der Waals surface area contributed by atoms with Crippen LogP contribution in [0.4, 0.5) is 0 Å². The van der Waals surface area contributed by atoms with E-state index in [1.165, 1.54) is 11.3 Å². The number of nitrogens with one attached hydrogen (secondary N) is 1. The van der Waals surface area contributed by atoms with Crippen LogP contribution in [-0.4, -0.2) is 17.6 Å². The van der Waals surface area contributed by atoms with Gasteiger partial charge in [0.15, 0.2) is 0 Å². The van der Waals surface area contributed by atoms with Gasteiger partial charge in [-0.1, -0.05) is 11.6 Å². The lowest BCUT2D eigenvalue weighted by Crippen LogP contribution is -2.28. The maximum Gasteiger partial charge on any atom is 0.251 e. The summed E-state index contributed by atoms with van der Waals surface area (Å²) < 4.78 is 0.740. The fourth-order valence-electron chi connectivity index (χ4n) is 1.51. The molecule has 6 heteroatoms. The number of amides is 1. The van der Waals surface area contributed by atoms with E-state index in [-0.39, 0.29) is 12.5 Å². The molecule has 0 aliphatic rings. The van der Waals surface area contributed by atoms with Crippen LogP contribution in [0, 0.1) is 0 Å². The number of thiophene rings is 1. The predicted molar refractivity (Wildman–Crippen MR) is 80.8 cm³/mol. The van der Waals surface area contributed by atoms with E-state index in [2.05, 4.69) is 21.2 Å². The molecule has 19 heavy (non-hydrogen) atoms. The van der Waals surface area contributed by atoms with Gasteiger partial charge in [-0.2, -0.15) is 11.3 Å². The zero-order valence-electron chi connectivity index (χ0n) is 9.77. The largest absolute Gasteiger partial charge is 0.387 e. The monoisotopic (exact) mass is 359 g/mol. The Morgan fingerprint density at radius 3 is 2.89 bits per heavy atom. The van der Waals surface area contributed by atoms with Crippen LogP contribution in [0.2, 0.25) is 5.02 Å². The molecular weight excluding hydrogens is 350 g/mol. The van der Waals surface area contributed by atoms with Gasteiger partial charge in [0.25, 0.3) is 5.91 Å². The molecule has 1 aromatic heterocycles. The van der Waals surface area contributed by atoms with Gasteiger partial charge >= 0.3 is 0 Å². The zero-order chi connectivity index (χ0) is 13.8. The molecule has 0 saturated carbocycles. The fraction of sp³-hybridized carbons (Fsp3) is 0.154. The summed E-state index contributed by atoms with van der Waals surface area (Å²) >= 11 is 10.7. The quantitative estimate of drug-likeness (QED) is 0.875. The van der Waals surface area contributed by atoms with Crippen molar-refractivity contribution in [3.63, 3.8) is 0 Å². The second-order valence-electron chi connectivity index (χ2n) is 3.91. The Kier molecular flexibility index (Phi) is 4.99. The van der Waals surface area contributed by atoms with Crippen molar-refractivity contribution in [1.82, 2.24) is 5.32 Å². The summed E-state index contributed by atoms with van der Waals surface area (Å²) in [5.41, 5.74) is 1.27. The van der Waals surface area contributed by atoms with Gasteiger partial charge < -0.3 is 10.4 Å². The van der Waals surface area contributed by atoms with Gasteiger partial charge in [-0.25, -0.2) is 0 Å². The van der Waals surface area contributed by atoms with Crippen molar-refractivity contribution in [2.24, 2.45) is 0 Å². The highest BCUT2D eigenvalue weighted by molar-refractivity contribution is 9.10. The highest BCUT2D eigenvalue weighted by atomic mass is 79.9. The molecule has 0 bridgehead atoms. The molecule has 1 amide bonds. The zero-order valence-corrected chi connectivity index (χ0v) is 12.9. The minimum absolute atomic E-state index is 0.170. The highest BCUT2D eigenvalue weighted by Gasteiger charge is 2.12. The van der Waals surface area contributed by atoms with E-state index >= 15 is 0 Å². The van der Waals surface area contributed by atoms with Crippen LogP contribution >= 0.6 is 38.9 Å². The first-order valence-corrected chi connectivity index (χ1v) is 7.62. The van der Waals surface area contributed by atoms with Crippen molar-refractivity contribution >= 4 is 44.8 Å². The van der Waals surface area contributed by atoms with E-state index in [9.17, 15) is 9.90 Å². The molecular formula is C13H11BrClNO2S. The van der Waals surface area contributed by atoms with Crippen LogP contribution in [0.15, 0.2) is 39.5 Å². The van der Waals surface area contributed by atoms with Gasteiger partial charge in [0.1, 0.15) is 0 Å². The predicted octanol–water partition coefficient (Wildman–Crippen LogP) is 3.63. The van der Waals surface area contributed by atoms with Crippen LogP contribution in [0.3, 0.4) is 0 Å². The van der Waals surface area contributed by atoms with Gasteiger partial charge in [-0.3, -0.25) is 4.79 Å². The van der Waals surface area contributed by atoms with Gasteiger partial charge in [-0.05, 0) is 56.5 Å². The van der Waals surface area contributed by atoms with E-state index in [0.717, 1.165) is 10.0 Å². The molecule has 0 aliphatic carbocycles. The summed E-state index contributed by atoms with van der Waals surface area (Å²) in [5.74, 6) is -0.260. The van der Waals surface area contributed by atoms with Gasteiger partial charge in [0.05, 0.1) is 11.1 Å². The molecule has 1 aromatic carbocycles. The molecule has 2 N–H and O–H groups in total. The average molecular weight is 361 g/mol. The Balaban J connectivity index is 1.96. The number of hydrogen-bond donors (Lipinski definition) is 2. The first-order valence-electron chi connectivity index (χ1n) is 5.51. The van der Waals surface area contributed by atoms with Crippen molar-refractivity contribution in [3.8, 4) is 0 Å². The Hall–Kier alpha value is -0.880. The molecule has 0 saturated heterocycles. The number of hydrogen-bond acceptors (Lipinski definition) is 3. The lowest BCUT2D eigenvalue weighted by atomic mass is 10.2. The average Bonchev–Trinajstić information content (AvgIpc) is 2.92. The maximum atomic E-state index is 11.9. The molecule has 2 rings (SSSR count). The van der Waals surface area contributed by atoms with E-state index in [0.29, 0.717) is 10.6 Å². The highest BCUT2D eigenvalue weighted by Crippen LogP contribution is 2.23. The van der Waals surface area contributed by atoms with Crippen LogP contribution in [-0.2, 0) is 0 Å². The minimum atomic E-state index is -0.693. The third-order valence-corrected chi connectivity index (χ3v) is 4.50. The third-order valence-electron chi connectivity index (χ3n) is 2.57. The molecule has 3 nitrogen and oxygen atoms in total. The summed E-state index contributed by atoms with van der Waals surface area (Å²) in [6.45, 7) is 0.170. The summed E-state index contributed by atoms with van der Waals surface area (Å²) in [4.78, 5) is 11.9. The summed E-state index contributed by atoms with van der Waals surface area (Å²) in [6.07, 6.45) is -0.693. The number of rotatable bonds is 4. The fourth-order valence-corrected chi connectivity index (χ4v) is 2.65. The topological polar surface area (TPSA) is 49.3 Å². The normalized spacial score (nSPS) is 12.2. The second-order valence-corrected chi connectivity index (χ2v) is 5.95. The number of carbonyl (C=O) groups excluding carboxylic acids is 1. The number of benzene rings is 1. The molecule has 0 spiro atoms. The van der Waals surface area contributed by atoms with Crippen LogP contribution in [0.5, 0.6) is 0 Å². The van der Waals surface area contributed by atoms with E-state index in [1.54, 1.807) is 18.2 Å². The Morgan fingerprint density at radius 2 is 2.26 bits per heavy atom. The molecule has 1 heterocycles. The standard InChI is InChI=1S/C13H11BrClNO2S/c14-10-2-1-8(5-11(10)15)13(18)16-6-12(17)9-3-4-19-7-9/h1-5,7,12,17H,6H2,(H,16,18). The van der Waals surface area contributed by atoms with Crippen molar-refractivity contribution in [3.05, 3.63) is 55.6 Å². The van der Waals surface area contributed by atoms with Gasteiger partial charge in [0, 0.05) is 16.6 Å². The second kappa shape index (κ2) is 6.52. The molecule has 1 unspecified atom stereocenters. The van der Waals surface area contributed by atoms with Gasteiger partial charge in [0.2, 0.25) is 0 Å². The lowest BCUT2D eigenvalue weighted by molar-refractivity contribution is 0.0916. The Morgan fingerprint density at radius 1 is 1.47 bits per heavy atom. The first-order chi connectivity index (χ1) is 9.08. The number of halogens is 2. The van der Waals surface area contributed by atoms with Crippen LogP contribution in [0.25, 0.3) is 0 Å². The number of aliphatic hydroxyl groups is 1. The van der Waals surface area contributed by atoms with E-state index < -0.39 is 6.10 Å². The Bertz CT molecular complexity index is 574. The van der Waals surface area contributed by atoms with Crippen molar-refractivity contribution in [2.75, 3.05) is 6.54 Å². The Labute approximate surface area is 128 Å². The first kappa shape index (κ1) is 14.5. The minimum Gasteiger partial charge on any atom is -0.387 e. The molecule has 100 valence electrons. The van der Waals surface area contributed by atoms with E-state index in [4.69, 9.17) is 11.6 Å². The van der Waals surface area contributed by atoms with Gasteiger partial charge in [-0.15, -0.1) is 0 Å². The SMILES string of the molecule is O=C(NCC(O)c1ccsc1)c1ccc(Br)c(Cl)c1. The third kappa shape index (κ3) is 3.79. The van der Waals surface area contributed by atoms with Crippen LogP contribution < -0.4 is 5.32 Å². The molecule has 0 radical (unpaired) electrons. The summed E-state index contributed by atoms with van der Waals surface area (Å²) in [7, 11) is 0. The van der Waals surface area contributed by atoms with E-state index in [1.807, 2.05) is 16.8 Å². The molecule has 0 aliphatic heterocycles. The van der Waals surface area contributed by atoms with Crippen LogP contribution in [0.1, 0.15) is 22.0 Å². The van der Waals surface area contributed by atoms with Crippen molar-refractivity contribution in [1.29, 1.82) is 0 Å².